The maximum Gasteiger partial charge on any atom is 0.410 e. The van der Waals surface area contributed by atoms with Crippen LogP contribution < -0.4 is 5.32 Å². The summed E-state index contributed by atoms with van der Waals surface area (Å²) < 4.78 is 7.46. The summed E-state index contributed by atoms with van der Waals surface area (Å²) in [4.78, 5) is 43.4. The van der Waals surface area contributed by atoms with Gasteiger partial charge in [0.1, 0.15) is 17.1 Å². The van der Waals surface area contributed by atoms with Gasteiger partial charge in [0.05, 0.1) is 41.2 Å². The lowest BCUT2D eigenvalue weighted by Crippen LogP contribution is -2.38. The minimum absolute atomic E-state index is 0.250. The average Bonchev–Trinajstić information content (AvgIpc) is 3.53. The van der Waals surface area contributed by atoms with Crippen molar-refractivity contribution in [1.29, 1.82) is 0 Å². The highest BCUT2D eigenvalue weighted by Gasteiger charge is 2.24. The van der Waals surface area contributed by atoms with Gasteiger partial charge in [-0.1, -0.05) is 12.1 Å². The first-order valence-corrected chi connectivity index (χ1v) is 12.2. The molecule has 0 fully saturated rings. The molecule has 4 rings (SSSR count). The van der Waals surface area contributed by atoms with Crippen molar-refractivity contribution in [2.45, 2.75) is 45.9 Å². The number of fused-ring (bicyclic) bond motifs is 1. The van der Waals surface area contributed by atoms with Crippen molar-refractivity contribution in [1.82, 2.24) is 34.7 Å². The molecule has 3 aromatic heterocycles. The predicted molar refractivity (Wildman–Crippen MR) is 133 cm³/mol. The van der Waals surface area contributed by atoms with Gasteiger partial charge in [0, 0.05) is 31.6 Å². The van der Waals surface area contributed by atoms with E-state index < -0.39 is 11.7 Å². The number of para-hydroxylation sites is 2. The van der Waals surface area contributed by atoms with Crippen LogP contribution in [0.25, 0.3) is 11.0 Å². The number of carbonyl (C=O) groups is 2. The van der Waals surface area contributed by atoms with Crippen molar-refractivity contribution in [3.05, 3.63) is 64.4 Å². The maximum atomic E-state index is 12.9. The van der Waals surface area contributed by atoms with Crippen LogP contribution in [0.4, 0.5) is 4.79 Å². The van der Waals surface area contributed by atoms with Crippen LogP contribution in [0, 0.1) is 0 Å². The molecular weight excluding hydrogens is 466 g/mol. The number of carbonyl (C=O) groups excluding carboxylic acids is 2. The molecule has 1 aromatic carbocycles. The molecule has 0 aliphatic heterocycles. The Balaban J connectivity index is 1.40. The lowest BCUT2D eigenvalue weighted by Gasteiger charge is -2.26. The molecule has 0 saturated carbocycles. The Labute approximate surface area is 207 Å². The molecule has 11 heteroatoms. The van der Waals surface area contributed by atoms with E-state index in [2.05, 4.69) is 25.3 Å². The van der Waals surface area contributed by atoms with E-state index in [1.807, 2.05) is 56.7 Å². The quantitative estimate of drug-likeness (QED) is 0.385. The Morgan fingerprint density at radius 3 is 2.74 bits per heavy atom. The van der Waals surface area contributed by atoms with Crippen molar-refractivity contribution in [3.8, 4) is 0 Å². The van der Waals surface area contributed by atoms with E-state index in [1.165, 1.54) is 11.3 Å². The second kappa shape index (κ2) is 10.3. The van der Waals surface area contributed by atoms with Crippen LogP contribution in [0.15, 0.2) is 42.2 Å². The van der Waals surface area contributed by atoms with Gasteiger partial charge in [-0.25, -0.2) is 19.7 Å². The third kappa shape index (κ3) is 6.44. The Kier molecular flexibility index (Phi) is 7.15. The zero-order chi connectivity index (χ0) is 25.0. The molecular formula is C24H29N7O3S. The van der Waals surface area contributed by atoms with E-state index in [9.17, 15) is 9.59 Å². The first-order valence-electron chi connectivity index (χ1n) is 11.3. The lowest BCUT2D eigenvalue weighted by molar-refractivity contribution is 0.0231. The normalized spacial score (nSPS) is 11.5. The second-order valence-corrected chi connectivity index (χ2v) is 10.1. The summed E-state index contributed by atoms with van der Waals surface area (Å²) in [5.74, 6) is 0.423. The number of nitrogens with one attached hydrogen (secondary N) is 2. The summed E-state index contributed by atoms with van der Waals surface area (Å²) in [6.45, 7) is 6.51. The van der Waals surface area contributed by atoms with Gasteiger partial charge in [-0.2, -0.15) is 0 Å². The Bertz CT molecular complexity index is 1280. The molecule has 3 heterocycles. The SMILES string of the molecule is Cn1cncc1CNC(=O)c1csc(CCN(Cc2nc3ccccc3[nH]2)C(=O)OC(C)(C)C)n1. The molecule has 184 valence electrons. The highest BCUT2D eigenvalue weighted by Crippen LogP contribution is 2.17. The van der Waals surface area contributed by atoms with E-state index in [0.29, 0.717) is 31.0 Å². The summed E-state index contributed by atoms with van der Waals surface area (Å²) in [6, 6.07) is 7.72. The summed E-state index contributed by atoms with van der Waals surface area (Å²) in [6.07, 6.45) is 3.45. The number of hydrogen-bond donors (Lipinski definition) is 2. The van der Waals surface area contributed by atoms with Crippen LogP contribution in [0.2, 0.25) is 0 Å². The van der Waals surface area contributed by atoms with Gasteiger partial charge < -0.3 is 24.5 Å². The number of H-pyrrole nitrogens is 1. The number of amides is 2. The molecule has 0 aliphatic rings. The number of aryl methyl sites for hydroxylation is 1. The molecule has 0 aliphatic carbocycles. The van der Waals surface area contributed by atoms with E-state index in [-0.39, 0.29) is 12.5 Å². The third-order valence-electron chi connectivity index (χ3n) is 5.16. The minimum Gasteiger partial charge on any atom is -0.444 e. The Morgan fingerprint density at radius 1 is 1.23 bits per heavy atom. The molecule has 0 unspecified atom stereocenters. The molecule has 35 heavy (non-hydrogen) atoms. The summed E-state index contributed by atoms with van der Waals surface area (Å²) in [5, 5.41) is 5.34. The summed E-state index contributed by atoms with van der Waals surface area (Å²) in [7, 11) is 1.87. The van der Waals surface area contributed by atoms with Gasteiger partial charge in [0.25, 0.3) is 5.91 Å². The molecule has 0 saturated heterocycles. The molecule has 0 spiro atoms. The van der Waals surface area contributed by atoms with Gasteiger partial charge in [-0.15, -0.1) is 11.3 Å². The van der Waals surface area contributed by atoms with E-state index >= 15 is 0 Å². The van der Waals surface area contributed by atoms with E-state index in [1.54, 1.807) is 22.8 Å². The average molecular weight is 496 g/mol. The van der Waals surface area contributed by atoms with Crippen molar-refractivity contribution in [2.24, 2.45) is 7.05 Å². The topological polar surface area (TPSA) is 118 Å². The Hall–Kier alpha value is -3.73. The van der Waals surface area contributed by atoms with Crippen LogP contribution in [-0.4, -0.2) is 53.5 Å². The number of imidazole rings is 2. The van der Waals surface area contributed by atoms with Crippen LogP contribution >= 0.6 is 11.3 Å². The minimum atomic E-state index is -0.622. The molecule has 2 amide bonds. The number of benzene rings is 1. The van der Waals surface area contributed by atoms with Crippen LogP contribution in [0.5, 0.6) is 0 Å². The number of thiazole rings is 1. The van der Waals surface area contributed by atoms with Crippen LogP contribution in [0.3, 0.4) is 0 Å². The number of aromatic amines is 1. The van der Waals surface area contributed by atoms with Gasteiger partial charge in [-0.05, 0) is 32.9 Å². The zero-order valence-electron chi connectivity index (χ0n) is 20.2. The standard InChI is InChI=1S/C24H29N7O3S/c1-24(2,3)34-23(33)31(13-20-27-17-7-5-6-8-18(17)28-20)10-9-21-29-19(14-35-21)22(32)26-12-16-11-25-15-30(16)4/h5-8,11,14-15H,9-10,12-13H2,1-4H3,(H,26,32)(H,27,28). The number of aromatic nitrogens is 5. The second-order valence-electron chi connectivity index (χ2n) is 9.16. The fraction of sp³-hybridized carbons (Fsp3) is 0.375. The van der Waals surface area contributed by atoms with Gasteiger partial charge in [-0.3, -0.25) is 4.79 Å². The smallest absolute Gasteiger partial charge is 0.410 e. The van der Waals surface area contributed by atoms with Crippen molar-refractivity contribution in [3.63, 3.8) is 0 Å². The zero-order valence-corrected chi connectivity index (χ0v) is 21.1. The van der Waals surface area contributed by atoms with Gasteiger partial charge in [0.2, 0.25) is 0 Å². The van der Waals surface area contributed by atoms with Crippen molar-refractivity contribution < 1.29 is 14.3 Å². The number of nitrogens with zero attached hydrogens (tertiary/aromatic N) is 5. The largest absolute Gasteiger partial charge is 0.444 e. The molecule has 0 bridgehead atoms. The monoisotopic (exact) mass is 495 g/mol. The molecule has 4 aromatic rings. The third-order valence-corrected chi connectivity index (χ3v) is 6.07. The first kappa shape index (κ1) is 24.4. The maximum absolute atomic E-state index is 12.9. The van der Waals surface area contributed by atoms with Gasteiger partial charge in [0.15, 0.2) is 0 Å². The fourth-order valence-electron chi connectivity index (χ4n) is 3.40. The Morgan fingerprint density at radius 2 is 2.03 bits per heavy atom. The van der Waals surface area contributed by atoms with E-state index in [0.717, 1.165) is 21.7 Å². The van der Waals surface area contributed by atoms with Crippen molar-refractivity contribution in [2.75, 3.05) is 6.54 Å². The fourth-order valence-corrected chi connectivity index (χ4v) is 4.17. The number of ether oxygens (including phenoxy) is 1. The van der Waals surface area contributed by atoms with Crippen LogP contribution in [0.1, 0.15) is 47.8 Å². The highest BCUT2D eigenvalue weighted by atomic mass is 32.1. The molecule has 0 radical (unpaired) electrons. The summed E-state index contributed by atoms with van der Waals surface area (Å²) >= 11 is 1.39. The highest BCUT2D eigenvalue weighted by molar-refractivity contribution is 7.09. The predicted octanol–water partition coefficient (Wildman–Crippen LogP) is 3.66. The molecule has 2 N–H and O–H groups in total. The first-order chi connectivity index (χ1) is 16.7. The lowest BCUT2D eigenvalue weighted by atomic mass is 10.2. The van der Waals surface area contributed by atoms with E-state index in [4.69, 9.17) is 4.74 Å². The number of hydrogen-bond acceptors (Lipinski definition) is 7. The summed E-state index contributed by atoms with van der Waals surface area (Å²) in [5.41, 5.74) is 2.38. The number of rotatable bonds is 8. The molecule has 10 nitrogen and oxygen atoms in total. The van der Waals surface area contributed by atoms with Crippen molar-refractivity contribution >= 4 is 34.4 Å². The van der Waals surface area contributed by atoms with Crippen LogP contribution in [-0.2, 0) is 31.3 Å². The molecule has 0 atom stereocenters. The van der Waals surface area contributed by atoms with Gasteiger partial charge >= 0.3 is 6.09 Å².